The number of hydrogen-bond acceptors (Lipinski definition) is 4. The smallest absolute Gasteiger partial charge is 0.248 e. The summed E-state index contributed by atoms with van der Waals surface area (Å²) in [6.45, 7) is 2.97. The predicted octanol–water partition coefficient (Wildman–Crippen LogP) is 3.82. The zero-order valence-corrected chi connectivity index (χ0v) is 16.3. The van der Waals surface area contributed by atoms with Crippen molar-refractivity contribution in [1.29, 1.82) is 0 Å². The number of amides is 1. The van der Waals surface area contributed by atoms with Gasteiger partial charge in [0.1, 0.15) is 6.61 Å². The molecule has 0 radical (unpaired) electrons. The van der Waals surface area contributed by atoms with Crippen LogP contribution in [-0.4, -0.2) is 42.9 Å². The minimum atomic E-state index is -0.181. The van der Waals surface area contributed by atoms with E-state index >= 15 is 0 Å². The number of aryl methyl sites for hydroxylation is 1. The van der Waals surface area contributed by atoms with Crippen LogP contribution in [0.3, 0.4) is 0 Å². The SMILES string of the molecule is COCC(=O)N(Cc1cccc(Cl)c1)C[C@@H]1CC(c2ccccc2C)=NO1. The van der Waals surface area contributed by atoms with Crippen LogP contribution in [0.5, 0.6) is 0 Å². The number of rotatable bonds is 7. The number of methoxy groups -OCH3 is 1. The molecular formula is C21H23ClN2O3. The van der Waals surface area contributed by atoms with Gasteiger partial charge in [-0.3, -0.25) is 4.79 Å². The lowest BCUT2D eigenvalue weighted by molar-refractivity contribution is -0.137. The Morgan fingerprint density at radius 1 is 1.30 bits per heavy atom. The van der Waals surface area contributed by atoms with Gasteiger partial charge < -0.3 is 14.5 Å². The predicted molar refractivity (Wildman–Crippen MR) is 106 cm³/mol. The topological polar surface area (TPSA) is 51.1 Å². The Morgan fingerprint density at radius 2 is 2.11 bits per heavy atom. The highest BCUT2D eigenvalue weighted by atomic mass is 35.5. The van der Waals surface area contributed by atoms with E-state index in [1.165, 1.54) is 7.11 Å². The normalized spacial score (nSPS) is 16.0. The first kappa shape index (κ1) is 19.4. The summed E-state index contributed by atoms with van der Waals surface area (Å²) in [7, 11) is 1.51. The summed E-state index contributed by atoms with van der Waals surface area (Å²) in [5.74, 6) is -0.0922. The molecule has 0 fully saturated rings. The number of oxime groups is 1. The maximum Gasteiger partial charge on any atom is 0.248 e. The van der Waals surface area contributed by atoms with Crippen molar-refractivity contribution in [2.75, 3.05) is 20.3 Å². The zero-order valence-electron chi connectivity index (χ0n) is 15.5. The fraction of sp³-hybridized carbons (Fsp3) is 0.333. The third kappa shape index (κ3) is 5.08. The summed E-state index contributed by atoms with van der Waals surface area (Å²) in [5.41, 5.74) is 4.13. The highest BCUT2D eigenvalue weighted by molar-refractivity contribution is 6.30. The first-order valence-corrected chi connectivity index (χ1v) is 9.24. The lowest BCUT2D eigenvalue weighted by Gasteiger charge is -2.25. The highest BCUT2D eigenvalue weighted by Crippen LogP contribution is 2.21. The number of carbonyl (C=O) groups excluding carboxylic acids is 1. The molecule has 1 heterocycles. The summed E-state index contributed by atoms with van der Waals surface area (Å²) < 4.78 is 5.03. The summed E-state index contributed by atoms with van der Waals surface area (Å²) in [6, 6.07) is 15.6. The maximum atomic E-state index is 12.5. The lowest BCUT2D eigenvalue weighted by atomic mass is 10.0. The van der Waals surface area contributed by atoms with Crippen LogP contribution in [0.1, 0.15) is 23.1 Å². The Bertz CT molecular complexity index is 838. The molecule has 1 atom stereocenters. The number of benzene rings is 2. The molecule has 3 rings (SSSR count). The van der Waals surface area contributed by atoms with Crippen molar-refractivity contribution < 1.29 is 14.4 Å². The zero-order chi connectivity index (χ0) is 19.2. The molecule has 0 unspecified atom stereocenters. The van der Waals surface area contributed by atoms with Crippen LogP contribution in [0.2, 0.25) is 5.02 Å². The first-order valence-electron chi connectivity index (χ1n) is 8.86. The van der Waals surface area contributed by atoms with Crippen LogP contribution >= 0.6 is 11.6 Å². The monoisotopic (exact) mass is 386 g/mol. The first-order chi connectivity index (χ1) is 13.1. The van der Waals surface area contributed by atoms with Gasteiger partial charge in [-0.2, -0.15) is 0 Å². The maximum absolute atomic E-state index is 12.5. The number of ether oxygens (including phenoxy) is 1. The van der Waals surface area contributed by atoms with E-state index < -0.39 is 0 Å². The summed E-state index contributed by atoms with van der Waals surface area (Å²) in [5, 5.41) is 4.90. The van der Waals surface area contributed by atoms with Crippen molar-refractivity contribution in [3.8, 4) is 0 Å². The van der Waals surface area contributed by atoms with E-state index in [1.54, 1.807) is 4.90 Å². The Hall–Kier alpha value is -2.37. The molecule has 1 aliphatic rings. The highest BCUT2D eigenvalue weighted by Gasteiger charge is 2.27. The minimum Gasteiger partial charge on any atom is -0.390 e. The standard InChI is InChI=1S/C21H23ClN2O3/c1-15-6-3-4-9-19(15)20-11-18(27-23-20)13-24(21(25)14-26-2)12-16-7-5-8-17(22)10-16/h3-10,18H,11-14H2,1-2H3/t18-/m0/s1. The van der Waals surface area contributed by atoms with Gasteiger partial charge in [-0.05, 0) is 30.2 Å². The van der Waals surface area contributed by atoms with Gasteiger partial charge >= 0.3 is 0 Å². The molecule has 0 saturated carbocycles. The Labute approximate surface area is 164 Å². The molecule has 0 bridgehead atoms. The quantitative estimate of drug-likeness (QED) is 0.726. The molecule has 142 valence electrons. The average Bonchev–Trinajstić information content (AvgIpc) is 3.10. The fourth-order valence-corrected chi connectivity index (χ4v) is 3.37. The van der Waals surface area contributed by atoms with Gasteiger partial charge in [0, 0.05) is 30.7 Å². The molecule has 27 heavy (non-hydrogen) atoms. The molecule has 1 amide bonds. The summed E-state index contributed by atoms with van der Waals surface area (Å²) >= 11 is 6.07. The van der Waals surface area contributed by atoms with Gasteiger partial charge in [0.15, 0.2) is 6.10 Å². The number of halogens is 1. The van der Waals surface area contributed by atoms with Gasteiger partial charge in [-0.25, -0.2) is 0 Å². The molecular weight excluding hydrogens is 364 g/mol. The minimum absolute atomic E-state index is 0.0266. The van der Waals surface area contributed by atoms with E-state index in [0.29, 0.717) is 24.5 Å². The van der Waals surface area contributed by atoms with Gasteiger partial charge in [0.05, 0.1) is 12.3 Å². The largest absolute Gasteiger partial charge is 0.390 e. The number of carbonyl (C=O) groups is 1. The summed E-state index contributed by atoms with van der Waals surface area (Å²) in [4.78, 5) is 19.9. The van der Waals surface area contributed by atoms with Crippen LogP contribution < -0.4 is 0 Å². The Morgan fingerprint density at radius 3 is 2.85 bits per heavy atom. The van der Waals surface area contributed by atoms with Crippen molar-refractivity contribution >= 4 is 23.2 Å². The van der Waals surface area contributed by atoms with E-state index in [1.807, 2.05) is 42.5 Å². The van der Waals surface area contributed by atoms with Crippen molar-refractivity contribution in [2.24, 2.45) is 5.16 Å². The van der Waals surface area contributed by atoms with E-state index in [-0.39, 0.29) is 18.6 Å². The molecule has 0 N–H and O–H groups in total. The lowest BCUT2D eigenvalue weighted by Crippen LogP contribution is -2.39. The van der Waals surface area contributed by atoms with Crippen LogP contribution in [0.4, 0.5) is 0 Å². The van der Waals surface area contributed by atoms with Crippen LogP contribution in [0.25, 0.3) is 0 Å². The molecule has 5 nitrogen and oxygen atoms in total. The second-order valence-electron chi connectivity index (χ2n) is 6.62. The van der Waals surface area contributed by atoms with Crippen LogP contribution in [-0.2, 0) is 20.9 Å². The van der Waals surface area contributed by atoms with E-state index in [9.17, 15) is 4.79 Å². The second-order valence-corrected chi connectivity index (χ2v) is 7.06. The van der Waals surface area contributed by atoms with Crippen LogP contribution in [0, 0.1) is 6.92 Å². The molecule has 1 aliphatic heterocycles. The average molecular weight is 387 g/mol. The summed E-state index contributed by atoms with van der Waals surface area (Å²) in [6.07, 6.45) is 0.483. The van der Waals surface area contributed by atoms with Gasteiger partial charge in [-0.1, -0.05) is 53.2 Å². The second kappa shape index (κ2) is 9.02. The fourth-order valence-electron chi connectivity index (χ4n) is 3.15. The molecule has 0 saturated heterocycles. The van der Waals surface area contributed by atoms with E-state index in [2.05, 4.69) is 18.1 Å². The van der Waals surface area contributed by atoms with Crippen LogP contribution in [0.15, 0.2) is 53.7 Å². The number of nitrogens with zero attached hydrogens (tertiary/aromatic N) is 2. The third-order valence-corrected chi connectivity index (χ3v) is 4.73. The van der Waals surface area contributed by atoms with Crippen molar-refractivity contribution in [3.05, 3.63) is 70.2 Å². The van der Waals surface area contributed by atoms with E-state index in [0.717, 1.165) is 22.4 Å². The molecule has 6 heteroatoms. The van der Waals surface area contributed by atoms with Gasteiger partial charge in [0.2, 0.25) is 5.91 Å². The van der Waals surface area contributed by atoms with Gasteiger partial charge in [0.25, 0.3) is 0 Å². The van der Waals surface area contributed by atoms with E-state index in [4.69, 9.17) is 21.2 Å². The molecule has 0 aromatic heterocycles. The van der Waals surface area contributed by atoms with Crippen molar-refractivity contribution in [1.82, 2.24) is 4.90 Å². The van der Waals surface area contributed by atoms with Crippen molar-refractivity contribution in [3.63, 3.8) is 0 Å². The molecule has 0 aliphatic carbocycles. The molecule has 0 spiro atoms. The Balaban J connectivity index is 1.68. The number of hydrogen-bond donors (Lipinski definition) is 0. The molecule has 2 aromatic carbocycles. The molecule has 2 aromatic rings. The van der Waals surface area contributed by atoms with Gasteiger partial charge in [-0.15, -0.1) is 0 Å². The third-order valence-electron chi connectivity index (χ3n) is 4.50. The van der Waals surface area contributed by atoms with Crippen molar-refractivity contribution in [2.45, 2.75) is 26.0 Å². The Kier molecular flexibility index (Phi) is 6.48.